The summed E-state index contributed by atoms with van der Waals surface area (Å²) in [6, 6.07) is 10.4. The molecular weight excluding hydrogens is 326 g/mol. The summed E-state index contributed by atoms with van der Waals surface area (Å²) in [5.74, 6) is 0.108. The number of aromatic nitrogens is 1. The minimum Gasteiger partial charge on any atom is -0.373 e. The van der Waals surface area contributed by atoms with E-state index in [1.807, 2.05) is 43.1 Å². The number of ether oxygens (including phenoxy) is 1. The molecule has 0 spiro atoms. The molecule has 1 amide bonds. The van der Waals surface area contributed by atoms with Crippen LogP contribution in [0.3, 0.4) is 0 Å². The molecule has 0 bridgehead atoms. The van der Waals surface area contributed by atoms with Crippen LogP contribution in [0.15, 0.2) is 42.7 Å². The van der Waals surface area contributed by atoms with Crippen molar-refractivity contribution in [2.24, 2.45) is 0 Å². The molecule has 2 aliphatic rings. The molecule has 2 atom stereocenters. The first kappa shape index (κ1) is 17.2. The maximum absolute atomic E-state index is 13.0. The standard InChI is InChI=1S/C21H25N3O2/c1-15-8-16(2)10-18(9-15)21(25)24-13-19-20(14-24)26-7-6-23(19)12-17-4-3-5-22-11-17/h3-5,8-11,19-20H,6-7,12-14H2,1-2H3/t19-,20+/m1/s1. The number of pyridine rings is 1. The largest absolute Gasteiger partial charge is 0.373 e. The van der Waals surface area contributed by atoms with Crippen LogP contribution in [-0.4, -0.2) is 59.1 Å². The Morgan fingerprint density at radius 3 is 2.77 bits per heavy atom. The van der Waals surface area contributed by atoms with Gasteiger partial charge in [0.2, 0.25) is 0 Å². The monoisotopic (exact) mass is 351 g/mol. The number of hydrogen-bond donors (Lipinski definition) is 0. The third-order valence-corrected chi connectivity index (χ3v) is 5.28. The minimum atomic E-state index is 0.0928. The van der Waals surface area contributed by atoms with Gasteiger partial charge in [0.05, 0.1) is 18.8 Å². The van der Waals surface area contributed by atoms with Crippen LogP contribution in [-0.2, 0) is 11.3 Å². The molecule has 2 saturated heterocycles. The highest BCUT2D eigenvalue weighted by Gasteiger charge is 2.41. The van der Waals surface area contributed by atoms with Crippen molar-refractivity contribution >= 4 is 5.91 Å². The molecule has 5 nitrogen and oxygen atoms in total. The summed E-state index contributed by atoms with van der Waals surface area (Å²) in [5.41, 5.74) is 4.23. The molecule has 3 heterocycles. The Bertz CT molecular complexity index is 773. The summed E-state index contributed by atoms with van der Waals surface area (Å²) < 4.78 is 5.98. The third-order valence-electron chi connectivity index (χ3n) is 5.28. The van der Waals surface area contributed by atoms with Crippen LogP contribution in [0.25, 0.3) is 0 Å². The number of benzene rings is 1. The van der Waals surface area contributed by atoms with Crippen molar-refractivity contribution < 1.29 is 9.53 Å². The van der Waals surface area contributed by atoms with Crippen molar-refractivity contribution in [3.8, 4) is 0 Å². The summed E-state index contributed by atoms with van der Waals surface area (Å²) in [6.45, 7) is 7.91. The molecule has 1 aromatic heterocycles. The van der Waals surface area contributed by atoms with Gasteiger partial charge < -0.3 is 9.64 Å². The van der Waals surface area contributed by atoms with Crippen LogP contribution in [0.4, 0.5) is 0 Å². The van der Waals surface area contributed by atoms with Crippen LogP contribution in [0.5, 0.6) is 0 Å². The average molecular weight is 351 g/mol. The van der Waals surface area contributed by atoms with Crippen molar-refractivity contribution in [2.45, 2.75) is 32.5 Å². The maximum atomic E-state index is 13.0. The molecule has 0 N–H and O–H groups in total. The van der Waals surface area contributed by atoms with E-state index in [-0.39, 0.29) is 18.1 Å². The van der Waals surface area contributed by atoms with Gasteiger partial charge in [0.15, 0.2) is 0 Å². The second-order valence-corrected chi connectivity index (χ2v) is 7.39. The number of amides is 1. The lowest BCUT2D eigenvalue weighted by atomic mass is 10.1. The van der Waals surface area contributed by atoms with Crippen molar-refractivity contribution in [3.63, 3.8) is 0 Å². The van der Waals surface area contributed by atoms with E-state index in [0.717, 1.165) is 36.3 Å². The van der Waals surface area contributed by atoms with Gasteiger partial charge >= 0.3 is 0 Å². The second kappa shape index (κ2) is 7.17. The van der Waals surface area contributed by atoms with Gasteiger partial charge in [-0.3, -0.25) is 14.7 Å². The highest BCUT2D eigenvalue weighted by molar-refractivity contribution is 5.95. The number of hydrogen-bond acceptors (Lipinski definition) is 4. The Balaban J connectivity index is 1.49. The molecule has 2 aromatic rings. The fourth-order valence-electron chi connectivity index (χ4n) is 4.13. The Kier molecular flexibility index (Phi) is 4.74. The lowest BCUT2D eigenvalue weighted by molar-refractivity contribution is -0.0503. The number of fused-ring (bicyclic) bond motifs is 1. The van der Waals surface area contributed by atoms with Gasteiger partial charge in [0.1, 0.15) is 0 Å². The first-order valence-corrected chi connectivity index (χ1v) is 9.22. The molecule has 0 saturated carbocycles. The molecule has 0 unspecified atom stereocenters. The number of likely N-dealkylation sites (tertiary alicyclic amines) is 1. The fraction of sp³-hybridized carbons (Fsp3) is 0.429. The Morgan fingerprint density at radius 2 is 2.04 bits per heavy atom. The predicted octanol–water partition coefficient (Wildman–Crippen LogP) is 2.42. The van der Waals surface area contributed by atoms with Crippen molar-refractivity contribution in [1.29, 1.82) is 0 Å². The molecule has 4 rings (SSSR count). The van der Waals surface area contributed by atoms with E-state index in [2.05, 4.69) is 22.0 Å². The van der Waals surface area contributed by atoms with Crippen LogP contribution in [0.2, 0.25) is 0 Å². The Hall–Kier alpha value is -2.24. The van der Waals surface area contributed by atoms with Crippen LogP contribution < -0.4 is 0 Å². The van der Waals surface area contributed by atoms with Crippen LogP contribution in [0, 0.1) is 13.8 Å². The molecule has 1 aromatic carbocycles. The Labute approximate surface area is 154 Å². The molecule has 5 heteroatoms. The van der Waals surface area contributed by atoms with E-state index in [0.29, 0.717) is 13.2 Å². The summed E-state index contributed by atoms with van der Waals surface area (Å²) in [5, 5.41) is 0. The summed E-state index contributed by atoms with van der Waals surface area (Å²) in [4.78, 5) is 21.6. The molecule has 2 fully saturated rings. The number of rotatable bonds is 3. The van der Waals surface area contributed by atoms with E-state index in [1.165, 1.54) is 5.56 Å². The minimum absolute atomic E-state index is 0.0928. The second-order valence-electron chi connectivity index (χ2n) is 7.39. The molecule has 136 valence electrons. The average Bonchev–Trinajstić information content (AvgIpc) is 3.06. The van der Waals surface area contributed by atoms with Crippen LogP contribution in [0.1, 0.15) is 27.0 Å². The lowest BCUT2D eigenvalue weighted by Gasteiger charge is -2.36. The Morgan fingerprint density at radius 1 is 1.23 bits per heavy atom. The van der Waals surface area contributed by atoms with Crippen molar-refractivity contribution in [3.05, 3.63) is 65.0 Å². The maximum Gasteiger partial charge on any atom is 0.254 e. The summed E-state index contributed by atoms with van der Waals surface area (Å²) in [6.07, 6.45) is 3.80. The van der Waals surface area contributed by atoms with E-state index in [9.17, 15) is 4.79 Å². The number of aryl methyl sites for hydroxylation is 2. The fourth-order valence-corrected chi connectivity index (χ4v) is 4.13. The zero-order valence-corrected chi connectivity index (χ0v) is 15.4. The van der Waals surface area contributed by atoms with Gasteiger partial charge in [-0.1, -0.05) is 23.3 Å². The van der Waals surface area contributed by atoms with Gasteiger partial charge in [0, 0.05) is 44.1 Å². The molecule has 0 radical (unpaired) electrons. The van der Waals surface area contributed by atoms with Crippen molar-refractivity contribution in [1.82, 2.24) is 14.8 Å². The van der Waals surface area contributed by atoms with E-state index in [1.54, 1.807) is 6.20 Å². The summed E-state index contributed by atoms with van der Waals surface area (Å²) >= 11 is 0. The quantitative estimate of drug-likeness (QED) is 0.852. The van der Waals surface area contributed by atoms with E-state index in [4.69, 9.17) is 4.74 Å². The van der Waals surface area contributed by atoms with Gasteiger partial charge in [0.25, 0.3) is 5.91 Å². The summed E-state index contributed by atoms with van der Waals surface area (Å²) in [7, 11) is 0. The molecule has 0 aliphatic carbocycles. The van der Waals surface area contributed by atoms with Gasteiger partial charge in [-0.25, -0.2) is 0 Å². The zero-order chi connectivity index (χ0) is 18.1. The van der Waals surface area contributed by atoms with E-state index < -0.39 is 0 Å². The van der Waals surface area contributed by atoms with Gasteiger partial charge in [-0.2, -0.15) is 0 Å². The molecular formula is C21H25N3O2. The third kappa shape index (κ3) is 3.50. The molecule has 2 aliphatic heterocycles. The number of morpholine rings is 1. The normalized spacial score (nSPS) is 23.1. The predicted molar refractivity (Wildman–Crippen MR) is 100.0 cm³/mol. The number of carbonyl (C=O) groups excluding carboxylic acids is 1. The number of nitrogens with zero attached hydrogens (tertiary/aromatic N) is 3. The lowest BCUT2D eigenvalue weighted by Crippen LogP contribution is -2.50. The van der Waals surface area contributed by atoms with Crippen LogP contribution >= 0.6 is 0 Å². The molecule has 26 heavy (non-hydrogen) atoms. The highest BCUT2D eigenvalue weighted by Crippen LogP contribution is 2.26. The SMILES string of the molecule is Cc1cc(C)cc(C(=O)N2C[C@@H]3OCCN(Cc4cccnc4)[C@@H]3C2)c1. The van der Waals surface area contributed by atoms with E-state index >= 15 is 0 Å². The first-order chi connectivity index (χ1) is 12.6. The van der Waals surface area contributed by atoms with Crippen molar-refractivity contribution in [2.75, 3.05) is 26.2 Å². The topological polar surface area (TPSA) is 45.7 Å². The zero-order valence-electron chi connectivity index (χ0n) is 15.4. The first-order valence-electron chi connectivity index (χ1n) is 9.22. The highest BCUT2D eigenvalue weighted by atomic mass is 16.5. The van der Waals surface area contributed by atoms with Gasteiger partial charge in [-0.05, 0) is 37.6 Å². The number of carbonyl (C=O) groups is 1. The smallest absolute Gasteiger partial charge is 0.254 e. The van der Waals surface area contributed by atoms with Gasteiger partial charge in [-0.15, -0.1) is 0 Å².